The molecule has 24 heavy (non-hydrogen) atoms. The molecule has 0 unspecified atom stereocenters. The number of rotatable bonds is 4. The summed E-state index contributed by atoms with van der Waals surface area (Å²) < 4.78 is 10.5. The van der Waals surface area contributed by atoms with E-state index in [1.165, 1.54) is 4.90 Å². The van der Waals surface area contributed by atoms with Crippen LogP contribution in [0.2, 0.25) is 0 Å². The van der Waals surface area contributed by atoms with Gasteiger partial charge in [0.15, 0.2) is 6.61 Å². The van der Waals surface area contributed by atoms with Gasteiger partial charge in [-0.3, -0.25) is 14.5 Å². The Bertz CT molecular complexity index is 771. The number of carbonyl (C=O) groups is 2. The van der Waals surface area contributed by atoms with Gasteiger partial charge in [-0.25, -0.2) is 0 Å². The first-order chi connectivity index (χ1) is 11.6. The number of aryl methyl sites for hydroxylation is 1. The molecule has 1 heterocycles. The third-order valence-corrected chi connectivity index (χ3v) is 3.73. The fourth-order valence-corrected chi connectivity index (χ4v) is 2.50. The van der Waals surface area contributed by atoms with Gasteiger partial charge in [-0.15, -0.1) is 0 Å². The molecule has 1 aliphatic heterocycles. The number of hydrogen-bond acceptors (Lipinski definition) is 4. The van der Waals surface area contributed by atoms with Crippen LogP contribution >= 0.6 is 0 Å². The van der Waals surface area contributed by atoms with E-state index in [4.69, 9.17) is 9.47 Å². The Morgan fingerprint density at radius 1 is 1.25 bits per heavy atom. The number of nitrogens with zero attached hydrogens (tertiary/aromatic N) is 1. The van der Waals surface area contributed by atoms with Crippen molar-refractivity contribution in [1.82, 2.24) is 0 Å². The van der Waals surface area contributed by atoms with Crippen molar-refractivity contribution in [3.05, 3.63) is 48.0 Å². The average molecular weight is 326 g/mol. The highest BCUT2D eigenvalue weighted by molar-refractivity contribution is 6.05. The molecule has 1 N–H and O–H groups in total. The Kier molecular flexibility index (Phi) is 4.37. The van der Waals surface area contributed by atoms with Gasteiger partial charge in [0.2, 0.25) is 5.91 Å². The summed E-state index contributed by atoms with van der Waals surface area (Å²) in [6.07, 6.45) is 0. The lowest BCUT2D eigenvalue weighted by Crippen LogP contribution is -2.43. The SMILES string of the molecule is COc1ccc(NC(=O)CN2C(=O)COc3ccc(C)cc32)cc1. The smallest absolute Gasteiger partial charge is 0.265 e. The Balaban J connectivity index is 1.74. The number of carbonyl (C=O) groups excluding carboxylic acids is 2. The topological polar surface area (TPSA) is 67.9 Å². The first kappa shape index (κ1) is 15.9. The summed E-state index contributed by atoms with van der Waals surface area (Å²) in [6, 6.07) is 12.6. The van der Waals surface area contributed by atoms with Crippen LogP contribution in [0.15, 0.2) is 42.5 Å². The molecule has 0 radical (unpaired) electrons. The number of anilines is 2. The van der Waals surface area contributed by atoms with Gasteiger partial charge in [0.25, 0.3) is 5.91 Å². The lowest BCUT2D eigenvalue weighted by Gasteiger charge is -2.29. The predicted octanol–water partition coefficient (Wildman–Crippen LogP) is 2.37. The van der Waals surface area contributed by atoms with E-state index in [2.05, 4.69) is 5.32 Å². The molecule has 0 bridgehead atoms. The van der Waals surface area contributed by atoms with Crippen LogP contribution in [0.1, 0.15) is 5.56 Å². The van der Waals surface area contributed by atoms with E-state index in [-0.39, 0.29) is 25.0 Å². The summed E-state index contributed by atoms with van der Waals surface area (Å²) in [4.78, 5) is 25.9. The summed E-state index contributed by atoms with van der Waals surface area (Å²) in [5.41, 5.74) is 2.26. The van der Waals surface area contributed by atoms with Crippen molar-refractivity contribution in [2.24, 2.45) is 0 Å². The van der Waals surface area contributed by atoms with E-state index < -0.39 is 0 Å². The van der Waals surface area contributed by atoms with Gasteiger partial charge in [0, 0.05) is 5.69 Å². The molecule has 1 aliphatic rings. The van der Waals surface area contributed by atoms with Crippen molar-refractivity contribution in [3.63, 3.8) is 0 Å². The largest absolute Gasteiger partial charge is 0.497 e. The molecule has 124 valence electrons. The van der Waals surface area contributed by atoms with E-state index in [0.717, 1.165) is 5.56 Å². The standard InChI is InChI=1S/C18H18N2O4/c1-12-3-8-16-15(9-12)20(18(22)11-24-16)10-17(21)19-13-4-6-14(23-2)7-5-13/h3-9H,10-11H2,1-2H3,(H,19,21). The maximum Gasteiger partial charge on any atom is 0.265 e. The average Bonchev–Trinajstić information content (AvgIpc) is 2.58. The number of nitrogens with one attached hydrogen (secondary N) is 1. The van der Waals surface area contributed by atoms with E-state index in [1.54, 1.807) is 31.4 Å². The Morgan fingerprint density at radius 3 is 2.71 bits per heavy atom. The fraction of sp³-hybridized carbons (Fsp3) is 0.222. The van der Waals surface area contributed by atoms with Crippen LogP contribution < -0.4 is 19.7 Å². The molecule has 2 aromatic carbocycles. The van der Waals surface area contributed by atoms with Gasteiger partial charge >= 0.3 is 0 Å². The minimum Gasteiger partial charge on any atom is -0.497 e. The number of ether oxygens (including phenoxy) is 2. The molecule has 6 nitrogen and oxygen atoms in total. The van der Waals surface area contributed by atoms with Crippen molar-refractivity contribution in [3.8, 4) is 11.5 Å². The first-order valence-corrected chi connectivity index (χ1v) is 7.54. The molecule has 0 saturated heterocycles. The van der Waals surface area contributed by atoms with Gasteiger partial charge < -0.3 is 14.8 Å². The molecule has 2 amide bonds. The quantitative estimate of drug-likeness (QED) is 0.936. The van der Waals surface area contributed by atoms with Crippen molar-refractivity contribution in [1.29, 1.82) is 0 Å². The number of fused-ring (bicyclic) bond motifs is 1. The van der Waals surface area contributed by atoms with Gasteiger partial charge in [-0.1, -0.05) is 6.07 Å². The van der Waals surface area contributed by atoms with Crippen LogP contribution in [0.4, 0.5) is 11.4 Å². The molecule has 0 atom stereocenters. The molecule has 0 aliphatic carbocycles. The van der Waals surface area contributed by atoms with Gasteiger partial charge in [-0.05, 0) is 48.9 Å². The molecular formula is C18H18N2O4. The highest BCUT2D eigenvalue weighted by Crippen LogP contribution is 2.32. The van der Waals surface area contributed by atoms with E-state index in [0.29, 0.717) is 22.9 Å². The van der Waals surface area contributed by atoms with Crippen LogP contribution in [-0.2, 0) is 9.59 Å². The molecule has 0 saturated carbocycles. The second kappa shape index (κ2) is 6.62. The van der Waals surface area contributed by atoms with Crippen LogP contribution in [-0.4, -0.2) is 32.1 Å². The minimum atomic E-state index is -0.275. The van der Waals surface area contributed by atoms with Crippen molar-refractivity contribution >= 4 is 23.2 Å². The molecule has 0 fully saturated rings. The summed E-state index contributed by atoms with van der Waals surface area (Å²) in [7, 11) is 1.58. The van der Waals surface area contributed by atoms with Gasteiger partial charge in [0.1, 0.15) is 18.0 Å². The molecule has 3 rings (SSSR count). The number of amides is 2. The van der Waals surface area contributed by atoms with E-state index >= 15 is 0 Å². The van der Waals surface area contributed by atoms with Crippen LogP contribution in [0.25, 0.3) is 0 Å². The predicted molar refractivity (Wildman–Crippen MR) is 90.7 cm³/mol. The Morgan fingerprint density at radius 2 is 2.00 bits per heavy atom. The lowest BCUT2D eigenvalue weighted by molar-refractivity contribution is -0.123. The zero-order chi connectivity index (χ0) is 17.1. The number of methoxy groups -OCH3 is 1. The maximum absolute atomic E-state index is 12.3. The van der Waals surface area contributed by atoms with Gasteiger partial charge in [-0.2, -0.15) is 0 Å². The van der Waals surface area contributed by atoms with Crippen LogP contribution in [0, 0.1) is 6.92 Å². The van der Waals surface area contributed by atoms with Gasteiger partial charge in [0.05, 0.1) is 12.8 Å². The monoisotopic (exact) mass is 326 g/mol. The summed E-state index contributed by atoms with van der Waals surface area (Å²) in [5, 5.41) is 2.78. The molecule has 0 spiro atoms. The highest BCUT2D eigenvalue weighted by atomic mass is 16.5. The van der Waals surface area contributed by atoms with Crippen molar-refractivity contribution in [2.75, 3.05) is 30.5 Å². The third-order valence-electron chi connectivity index (χ3n) is 3.73. The fourth-order valence-electron chi connectivity index (χ4n) is 2.50. The molecule has 6 heteroatoms. The maximum atomic E-state index is 12.3. The third kappa shape index (κ3) is 3.32. The van der Waals surface area contributed by atoms with Crippen molar-refractivity contribution < 1.29 is 19.1 Å². The summed E-state index contributed by atoms with van der Waals surface area (Å²) in [6.45, 7) is 1.80. The molecular weight excluding hydrogens is 308 g/mol. The van der Waals surface area contributed by atoms with E-state index in [9.17, 15) is 9.59 Å². The van der Waals surface area contributed by atoms with Crippen LogP contribution in [0.3, 0.4) is 0 Å². The number of hydrogen-bond donors (Lipinski definition) is 1. The first-order valence-electron chi connectivity index (χ1n) is 7.54. The Hall–Kier alpha value is -3.02. The second-order valence-corrected chi connectivity index (χ2v) is 5.52. The van der Waals surface area contributed by atoms with E-state index in [1.807, 2.05) is 25.1 Å². The van der Waals surface area contributed by atoms with Crippen LogP contribution in [0.5, 0.6) is 11.5 Å². The molecule has 0 aromatic heterocycles. The summed E-state index contributed by atoms with van der Waals surface area (Å²) >= 11 is 0. The Labute approximate surface area is 140 Å². The minimum absolute atomic E-state index is 0.0636. The van der Waals surface area contributed by atoms with Crippen molar-refractivity contribution in [2.45, 2.75) is 6.92 Å². The summed E-state index contributed by atoms with van der Waals surface area (Å²) in [5.74, 6) is 0.805. The number of benzene rings is 2. The molecule has 2 aromatic rings. The zero-order valence-corrected chi connectivity index (χ0v) is 13.5. The second-order valence-electron chi connectivity index (χ2n) is 5.52. The normalized spacial score (nSPS) is 13.1. The zero-order valence-electron chi connectivity index (χ0n) is 13.5. The lowest BCUT2D eigenvalue weighted by atomic mass is 10.1. The highest BCUT2D eigenvalue weighted by Gasteiger charge is 2.27.